The van der Waals surface area contributed by atoms with Crippen molar-refractivity contribution in [3.8, 4) is 39.8 Å². The lowest BCUT2D eigenvalue weighted by molar-refractivity contribution is -0.614. The van der Waals surface area contributed by atoms with Crippen LogP contribution in [0.15, 0.2) is 72.9 Å². The molecule has 3 aromatic carbocycles. The van der Waals surface area contributed by atoms with Crippen LogP contribution < -0.4 is 24.7 Å². The monoisotopic (exact) mass is 575 g/mol. The fourth-order valence-electron chi connectivity index (χ4n) is 4.35. The van der Waals surface area contributed by atoms with Gasteiger partial charge in [0.2, 0.25) is 11.4 Å². The number of fused-ring (bicyclic) bond motifs is 2. The van der Waals surface area contributed by atoms with E-state index < -0.39 is 15.6 Å². The van der Waals surface area contributed by atoms with Gasteiger partial charge < -0.3 is 23.7 Å². The molecule has 0 aliphatic heterocycles. The molecule has 0 amide bonds. The molecule has 0 radical (unpaired) electrons. The van der Waals surface area contributed by atoms with Crippen molar-refractivity contribution in [2.45, 2.75) is 5.51 Å². The van der Waals surface area contributed by atoms with Gasteiger partial charge in [0.15, 0.2) is 21.6 Å². The largest absolute Gasteiger partial charge is 0.741 e. The van der Waals surface area contributed by atoms with Gasteiger partial charge in [0, 0.05) is 34.1 Å². The van der Waals surface area contributed by atoms with Gasteiger partial charge >= 0.3 is 5.51 Å². The Kier molecular flexibility index (Phi) is 7.80. The molecule has 5 rings (SSSR count). The minimum absolute atomic E-state index is 0.543. The second kappa shape index (κ2) is 10.9. The summed E-state index contributed by atoms with van der Waals surface area (Å²) in [6.45, 7) is 0. The Bertz CT molecular complexity index is 1790. The number of halogens is 3. The summed E-state index contributed by atoms with van der Waals surface area (Å²) in [5.41, 5.74) is -0.933. The molecule has 5 aromatic rings. The van der Waals surface area contributed by atoms with Crippen molar-refractivity contribution >= 4 is 31.8 Å². The molecule has 40 heavy (non-hydrogen) atoms. The molecule has 0 unspecified atom stereocenters. The highest BCUT2D eigenvalue weighted by molar-refractivity contribution is 7.86. The molecule has 210 valence electrons. The number of aromatic amines is 1. The highest BCUT2D eigenvalue weighted by Crippen LogP contribution is 2.46. The summed E-state index contributed by atoms with van der Waals surface area (Å²) in [5, 5.41) is 2.85. The fourth-order valence-corrected chi connectivity index (χ4v) is 4.35. The summed E-state index contributed by atoms with van der Waals surface area (Å²) in [6, 6.07) is 22.2. The number of aromatic nitrogens is 2. The molecular weight excluding hydrogens is 551 g/mol. The minimum atomic E-state index is -6.09. The molecule has 0 atom stereocenters. The van der Waals surface area contributed by atoms with E-state index in [0.29, 0.717) is 17.2 Å². The zero-order chi connectivity index (χ0) is 29.2. The first-order valence-electron chi connectivity index (χ1n) is 11.5. The summed E-state index contributed by atoms with van der Waals surface area (Å²) in [6.07, 6.45) is 1.99. The van der Waals surface area contributed by atoms with Gasteiger partial charge in [0.05, 0.1) is 32.3 Å². The van der Waals surface area contributed by atoms with E-state index in [1.165, 1.54) is 0 Å². The number of benzene rings is 3. The van der Waals surface area contributed by atoms with Gasteiger partial charge in [0.25, 0.3) is 5.69 Å². The number of hydrogen-bond acceptors (Lipinski definition) is 7. The van der Waals surface area contributed by atoms with Gasteiger partial charge in [-0.3, -0.25) is 0 Å². The van der Waals surface area contributed by atoms with E-state index >= 15 is 0 Å². The van der Waals surface area contributed by atoms with Crippen LogP contribution in [0.1, 0.15) is 0 Å². The maximum Gasteiger partial charge on any atom is 0.485 e. The Morgan fingerprint density at radius 2 is 1.45 bits per heavy atom. The number of pyridine rings is 1. The fraction of sp³-hybridized carbons (Fsp3) is 0.148. The van der Waals surface area contributed by atoms with Crippen molar-refractivity contribution < 1.29 is 45.0 Å². The van der Waals surface area contributed by atoms with Gasteiger partial charge in [0.1, 0.15) is 0 Å². The topological polar surface area (TPSA) is 131 Å². The number of rotatable bonds is 5. The van der Waals surface area contributed by atoms with Crippen molar-refractivity contribution in [1.29, 1.82) is 0 Å². The molecule has 0 fully saturated rings. The quantitative estimate of drug-likeness (QED) is 0.134. The first-order valence-corrected chi connectivity index (χ1v) is 12.9. The Hall–Kier alpha value is -4.49. The molecule has 2 heterocycles. The first kappa shape index (κ1) is 28.5. The number of H-pyrrole nitrogens is 1. The Morgan fingerprint density at radius 1 is 0.850 bits per heavy atom. The lowest BCUT2D eigenvalue weighted by Crippen LogP contribution is -2.48. The van der Waals surface area contributed by atoms with Crippen LogP contribution in [0.2, 0.25) is 0 Å². The van der Waals surface area contributed by atoms with Crippen molar-refractivity contribution in [2.24, 2.45) is 0 Å². The number of nitrogens with two attached hydrogens (primary N) is 1. The van der Waals surface area contributed by atoms with E-state index in [2.05, 4.69) is 11.1 Å². The van der Waals surface area contributed by atoms with Crippen LogP contribution in [0.25, 0.3) is 44.2 Å². The Balaban J connectivity index is 0.000000406. The average molecular weight is 576 g/mol. The van der Waals surface area contributed by atoms with E-state index in [9.17, 15) is 13.2 Å². The van der Waals surface area contributed by atoms with E-state index in [0.717, 1.165) is 44.2 Å². The number of nitrogen functional groups attached to an aromatic ring is 1. The smallest absolute Gasteiger partial charge is 0.485 e. The standard InChI is InChI=1S/C26H23N3O3.CHF3O3S/c1-30-23-14-18-19(25(31-2)26(23)32-3)13-22(16-9-5-4-6-10-16)29(27)24(18)20-15-28-21-12-8-7-11-17(20)21;2-1(3,4)8(5,6)7/h4-15H,27H2,1-3H3;(H,5,6,7). The summed E-state index contributed by atoms with van der Waals surface area (Å²) in [4.78, 5) is 3.36. The van der Waals surface area contributed by atoms with Crippen LogP contribution in [-0.2, 0) is 10.1 Å². The third kappa shape index (κ3) is 5.20. The van der Waals surface area contributed by atoms with Crippen LogP contribution in [0.5, 0.6) is 17.2 Å². The average Bonchev–Trinajstić information content (AvgIpc) is 3.35. The molecule has 0 bridgehead atoms. The van der Waals surface area contributed by atoms with Gasteiger partial charge in [-0.2, -0.15) is 13.2 Å². The van der Waals surface area contributed by atoms with Gasteiger partial charge in [-0.05, 0) is 24.3 Å². The van der Waals surface area contributed by atoms with Gasteiger partial charge in [-0.1, -0.05) is 41.1 Å². The molecule has 2 aromatic heterocycles. The van der Waals surface area contributed by atoms with Crippen LogP contribution in [0.3, 0.4) is 0 Å². The number of hydrogen-bond donors (Lipinski definition) is 2. The molecular formula is C27H24F3N3O6S. The molecule has 0 saturated carbocycles. The first-order chi connectivity index (χ1) is 18.9. The number of ether oxygens (including phenoxy) is 3. The lowest BCUT2D eigenvalue weighted by Gasteiger charge is -2.16. The van der Waals surface area contributed by atoms with E-state index in [1.807, 2.05) is 66.9 Å². The van der Waals surface area contributed by atoms with Crippen LogP contribution in [0.4, 0.5) is 13.2 Å². The van der Waals surface area contributed by atoms with Crippen molar-refractivity contribution in [2.75, 3.05) is 27.2 Å². The molecule has 0 aliphatic rings. The predicted molar refractivity (Wildman–Crippen MR) is 142 cm³/mol. The number of methoxy groups -OCH3 is 3. The van der Waals surface area contributed by atoms with Crippen LogP contribution in [0, 0.1) is 0 Å². The van der Waals surface area contributed by atoms with Crippen LogP contribution in [-0.4, -0.2) is 44.8 Å². The Labute approximate surface area is 227 Å². The van der Waals surface area contributed by atoms with E-state index in [4.69, 9.17) is 33.0 Å². The predicted octanol–water partition coefficient (Wildman–Crippen LogP) is 4.73. The SMILES string of the molecule is COc1cc2c(-c3c[nH]c4ccccc34)[n+](N)c(-c3ccccc3)cc2c(OC)c1OC.O=S(=O)([O-])C(F)(F)F. The molecule has 0 spiro atoms. The molecule has 0 aliphatic carbocycles. The van der Waals surface area contributed by atoms with Crippen molar-refractivity contribution in [1.82, 2.24) is 4.98 Å². The molecule has 13 heteroatoms. The van der Waals surface area contributed by atoms with Gasteiger partial charge in [-0.15, -0.1) is 0 Å². The zero-order valence-electron chi connectivity index (χ0n) is 21.4. The van der Waals surface area contributed by atoms with E-state index in [-0.39, 0.29) is 0 Å². The highest BCUT2D eigenvalue weighted by atomic mass is 32.2. The highest BCUT2D eigenvalue weighted by Gasteiger charge is 2.37. The second-order valence-electron chi connectivity index (χ2n) is 8.37. The zero-order valence-corrected chi connectivity index (χ0v) is 22.3. The number of nitrogens with zero attached hydrogens (tertiary/aromatic N) is 1. The maximum atomic E-state index is 10.7. The normalized spacial score (nSPS) is 11.7. The summed E-state index contributed by atoms with van der Waals surface area (Å²) >= 11 is 0. The van der Waals surface area contributed by atoms with E-state index in [1.54, 1.807) is 26.0 Å². The summed E-state index contributed by atoms with van der Waals surface area (Å²) < 4.78 is 77.7. The third-order valence-electron chi connectivity index (χ3n) is 6.10. The summed E-state index contributed by atoms with van der Waals surface area (Å²) in [7, 11) is -1.24. The molecule has 0 saturated heterocycles. The number of nitrogens with one attached hydrogen (secondary N) is 1. The third-order valence-corrected chi connectivity index (χ3v) is 6.67. The van der Waals surface area contributed by atoms with Crippen LogP contribution >= 0.6 is 0 Å². The number of para-hydroxylation sites is 1. The maximum absolute atomic E-state index is 10.7. The van der Waals surface area contributed by atoms with Crippen molar-refractivity contribution in [3.63, 3.8) is 0 Å². The summed E-state index contributed by atoms with van der Waals surface area (Å²) in [5.74, 6) is 8.52. The molecule has 3 N–H and O–H groups in total. The van der Waals surface area contributed by atoms with Gasteiger partial charge in [-0.25, -0.2) is 14.3 Å². The Morgan fingerprint density at radius 3 is 2.02 bits per heavy atom. The number of alkyl halides is 3. The van der Waals surface area contributed by atoms with Crippen molar-refractivity contribution in [3.05, 3.63) is 72.9 Å². The second-order valence-corrected chi connectivity index (χ2v) is 9.74. The lowest BCUT2D eigenvalue weighted by atomic mass is 9.98. The minimum Gasteiger partial charge on any atom is -0.741 e. The molecule has 9 nitrogen and oxygen atoms in total.